The second-order valence-electron chi connectivity index (χ2n) is 7.48. The molecule has 4 rings (SSSR count). The van der Waals surface area contributed by atoms with Crippen molar-refractivity contribution in [1.82, 2.24) is 10.5 Å². The summed E-state index contributed by atoms with van der Waals surface area (Å²) in [6, 6.07) is 8.40. The molecular formula is C20H23FN2O2. The number of aromatic nitrogens is 1. The Kier molecular flexibility index (Phi) is 4.10. The van der Waals surface area contributed by atoms with E-state index in [2.05, 4.69) is 17.4 Å². The molecule has 2 atom stereocenters. The van der Waals surface area contributed by atoms with Crippen LogP contribution < -0.4 is 5.32 Å². The van der Waals surface area contributed by atoms with Crippen LogP contribution in [-0.4, -0.2) is 17.1 Å². The molecule has 0 aliphatic heterocycles. The predicted molar refractivity (Wildman–Crippen MR) is 92.4 cm³/mol. The van der Waals surface area contributed by atoms with E-state index in [9.17, 15) is 9.18 Å². The molecule has 0 saturated heterocycles. The Bertz CT molecular complexity index is 782. The van der Waals surface area contributed by atoms with Gasteiger partial charge in [0, 0.05) is 12.1 Å². The van der Waals surface area contributed by atoms with E-state index in [0.717, 1.165) is 19.3 Å². The summed E-state index contributed by atoms with van der Waals surface area (Å²) in [6.07, 6.45) is 6.16. The minimum absolute atomic E-state index is 0.0413. The average Bonchev–Trinajstić information content (AvgIpc) is 3.28. The van der Waals surface area contributed by atoms with Gasteiger partial charge < -0.3 is 9.84 Å². The van der Waals surface area contributed by atoms with Gasteiger partial charge in [0.15, 0.2) is 5.76 Å². The maximum atomic E-state index is 13.9. The molecule has 1 aromatic heterocycles. The van der Waals surface area contributed by atoms with E-state index in [-0.39, 0.29) is 17.8 Å². The van der Waals surface area contributed by atoms with Crippen LogP contribution in [0.15, 0.2) is 34.9 Å². The molecule has 132 valence electrons. The number of rotatable bonds is 4. The Labute approximate surface area is 146 Å². The molecule has 0 spiro atoms. The van der Waals surface area contributed by atoms with Gasteiger partial charge in [-0.05, 0) is 43.7 Å². The van der Waals surface area contributed by atoms with Gasteiger partial charge in [0.2, 0.25) is 5.91 Å². The topological polar surface area (TPSA) is 55.1 Å². The Morgan fingerprint density at radius 2 is 2.04 bits per heavy atom. The first-order valence-electron chi connectivity index (χ1n) is 9.13. The smallest absolute Gasteiger partial charge is 0.232 e. The summed E-state index contributed by atoms with van der Waals surface area (Å²) in [4.78, 5) is 12.9. The highest BCUT2D eigenvalue weighted by Crippen LogP contribution is 2.49. The molecule has 1 amide bonds. The van der Waals surface area contributed by atoms with Crippen LogP contribution in [0.2, 0.25) is 0 Å². The Morgan fingerprint density at radius 1 is 1.28 bits per heavy atom. The fraction of sp³-hybridized carbons (Fsp3) is 0.500. The van der Waals surface area contributed by atoms with Crippen LogP contribution in [0.4, 0.5) is 4.39 Å². The van der Waals surface area contributed by atoms with Gasteiger partial charge in [-0.15, -0.1) is 0 Å². The van der Waals surface area contributed by atoms with Crippen molar-refractivity contribution in [2.75, 3.05) is 0 Å². The molecular weight excluding hydrogens is 319 g/mol. The zero-order chi connectivity index (χ0) is 17.4. The van der Waals surface area contributed by atoms with Crippen molar-refractivity contribution >= 4 is 5.91 Å². The molecule has 2 unspecified atom stereocenters. The van der Waals surface area contributed by atoms with E-state index in [1.807, 2.05) is 0 Å². The van der Waals surface area contributed by atoms with Crippen LogP contribution in [0, 0.1) is 11.7 Å². The summed E-state index contributed by atoms with van der Waals surface area (Å²) in [5, 5.41) is 7.33. The van der Waals surface area contributed by atoms with Crippen LogP contribution >= 0.6 is 0 Å². The average molecular weight is 342 g/mol. The fourth-order valence-electron chi connectivity index (χ4n) is 3.85. The number of halogens is 1. The highest BCUT2D eigenvalue weighted by molar-refractivity contribution is 5.91. The van der Waals surface area contributed by atoms with Crippen molar-refractivity contribution in [2.45, 2.75) is 56.9 Å². The zero-order valence-corrected chi connectivity index (χ0v) is 14.4. The SMILES string of the molecule is CC1CCCCC1NC(=O)C1(c2cc(-c3ccccc3F)on2)CC1. The second kappa shape index (κ2) is 6.28. The minimum atomic E-state index is -0.593. The number of hydrogen-bond donors (Lipinski definition) is 1. The molecule has 4 nitrogen and oxygen atoms in total. The molecule has 0 bridgehead atoms. The number of carbonyl (C=O) groups is 1. The van der Waals surface area contributed by atoms with Crippen molar-refractivity contribution in [3.63, 3.8) is 0 Å². The van der Waals surface area contributed by atoms with Gasteiger partial charge in [-0.25, -0.2) is 4.39 Å². The highest BCUT2D eigenvalue weighted by Gasteiger charge is 2.54. The molecule has 1 N–H and O–H groups in total. The number of benzene rings is 1. The Morgan fingerprint density at radius 3 is 2.76 bits per heavy atom. The van der Waals surface area contributed by atoms with Crippen molar-refractivity contribution < 1.29 is 13.7 Å². The molecule has 1 aromatic carbocycles. The number of hydrogen-bond acceptors (Lipinski definition) is 3. The first kappa shape index (κ1) is 16.3. The number of nitrogens with one attached hydrogen (secondary N) is 1. The van der Waals surface area contributed by atoms with E-state index in [1.54, 1.807) is 24.3 Å². The highest BCUT2D eigenvalue weighted by atomic mass is 19.1. The first-order valence-corrected chi connectivity index (χ1v) is 9.13. The molecule has 2 fully saturated rings. The van der Waals surface area contributed by atoms with Crippen LogP contribution in [0.25, 0.3) is 11.3 Å². The van der Waals surface area contributed by atoms with E-state index >= 15 is 0 Å². The summed E-state index contributed by atoms with van der Waals surface area (Å²) < 4.78 is 19.3. The standard InChI is InChI=1S/C20H23FN2O2/c1-13-6-2-5-9-16(13)22-19(24)20(10-11-20)18-12-17(25-23-18)14-7-3-4-8-15(14)21/h3-4,7-8,12-13,16H,2,5-6,9-11H2,1H3,(H,22,24). The maximum Gasteiger partial charge on any atom is 0.232 e. The summed E-state index contributed by atoms with van der Waals surface area (Å²) in [7, 11) is 0. The van der Waals surface area contributed by atoms with Crippen molar-refractivity contribution in [1.29, 1.82) is 0 Å². The Balaban J connectivity index is 1.53. The number of carbonyl (C=O) groups excluding carboxylic acids is 1. The van der Waals surface area contributed by atoms with Crippen molar-refractivity contribution in [3.8, 4) is 11.3 Å². The van der Waals surface area contributed by atoms with Crippen LogP contribution in [0.1, 0.15) is 51.1 Å². The third-order valence-electron chi connectivity index (χ3n) is 5.75. The van der Waals surface area contributed by atoms with E-state index < -0.39 is 5.41 Å². The summed E-state index contributed by atoms with van der Waals surface area (Å²) in [5.74, 6) is 0.577. The molecule has 5 heteroatoms. The molecule has 2 aromatic rings. The van der Waals surface area contributed by atoms with Gasteiger partial charge in [-0.2, -0.15) is 0 Å². The van der Waals surface area contributed by atoms with Crippen molar-refractivity contribution in [3.05, 3.63) is 41.8 Å². The van der Waals surface area contributed by atoms with Crippen LogP contribution in [0.3, 0.4) is 0 Å². The monoisotopic (exact) mass is 342 g/mol. The summed E-state index contributed by atoms with van der Waals surface area (Å²) in [5.41, 5.74) is 0.398. The fourth-order valence-corrected chi connectivity index (χ4v) is 3.85. The quantitative estimate of drug-likeness (QED) is 0.906. The molecule has 25 heavy (non-hydrogen) atoms. The lowest BCUT2D eigenvalue weighted by atomic mass is 9.85. The third kappa shape index (κ3) is 2.96. The predicted octanol–water partition coefficient (Wildman–Crippen LogP) is 4.21. The van der Waals surface area contributed by atoms with E-state index in [0.29, 0.717) is 22.9 Å². The van der Waals surface area contributed by atoms with Crippen LogP contribution in [-0.2, 0) is 10.2 Å². The molecule has 0 radical (unpaired) electrons. The number of amides is 1. The first-order chi connectivity index (χ1) is 12.1. The summed E-state index contributed by atoms with van der Waals surface area (Å²) >= 11 is 0. The van der Waals surface area contributed by atoms with Gasteiger partial charge in [0.05, 0.1) is 16.7 Å². The van der Waals surface area contributed by atoms with Crippen LogP contribution in [0.5, 0.6) is 0 Å². The van der Waals surface area contributed by atoms with E-state index in [4.69, 9.17) is 4.52 Å². The lowest BCUT2D eigenvalue weighted by Crippen LogP contribution is -2.45. The largest absolute Gasteiger partial charge is 0.356 e. The molecule has 2 aliphatic carbocycles. The minimum Gasteiger partial charge on any atom is -0.356 e. The van der Waals surface area contributed by atoms with Gasteiger partial charge in [0.25, 0.3) is 0 Å². The lowest BCUT2D eigenvalue weighted by Gasteiger charge is -2.30. The van der Waals surface area contributed by atoms with Gasteiger partial charge in [-0.3, -0.25) is 4.79 Å². The second-order valence-corrected chi connectivity index (χ2v) is 7.48. The zero-order valence-electron chi connectivity index (χ0n) is 14.4. The third-order valence-corrected chi connectivity index (χ3v) is 5.75. The van der Waals surface area contributed by atoms with E-state index in [1.165, 1.54) is 25.3 Å². The maximum absolute atomic E-state index is 13.9. The molecule has 2 aliphatic rings. The molecule has 1 heterocycles. The lowest BCUT2D eigenvalue weighted by molar-refractivity contribution is -0.125. The summed E-state index contributed by atoms with van der Waals surface area (Å²) in [6.45, 7) is 2.20. The molecule has 2 saturated carbocycles. The van der Waals surface area contributed by atoms with Gasteiger partial charge in [-0.1, -0.05) is 37.1 Å². The van der Waals surface area contributed by atoms with Gasteiger partial charge in [0.1, 0.15) is 5.82 Å². The van der Waals surface area contributed by atoms with Crippen molar-refractivity contribution in [2.24, 2.45) is 5.92 Å². The van der Waals surface area contributed by atoms with Gasteiger partial charge >= 0.3 is 0 Å². The normalized spacial score (nSPS) is 24.7. The Hall–Kier alpha value is -2.17. The number of nitrogens with zero attached hydrogens (tertiary/aromatic N) is 1.